The van der Waals surface area contributed by atoms with Crippen molar-refractivity contribution in [3.8, 4) is 0 Å². The number of hydrogen-bond donors (Lipinski definition) is 1. The van der Waals surface area contributed by atoms with Crippen molar-refractivity contribution >= 4 is 22.9 Å². The first-order valence-electron chi connectivity index (χ1n) is 6.76. The van der Waals surface area contributed by atoms with Crippen molar-refractivity contribution in [2.75, 3.05) is 11.4 Å². The van der Waals surface area contributed by atoms with Gasteiger partial charge in [0, 0.05) is 23.8 Å². The highest BCUT2D eigenvalue weighted by Gasteiger charge is 2.20. The summed E-state index contributed by atoms with van der Waals surface area (Å²) in [6.07, 6.45) is 5.17. The topological polar surface area (TPSA) is 29.3 Å². The Hall–Kier alpha value is -1.09. The van der Waals surface area contributed by atoms with Crippen molar-refractivity contribution in [1.82, 2.24) is 0 Å². The molecule has 1 saturated heterocycles. The highest BCUT2D eigenvalue weighted by molar-refractivity contribution is 7.80. The first-order valence-corrected chi connectivity index (χ1v) is 7.17. The fraction of sp³-hybridized carbons (Fsp3) is 0.533. The van der Waals surface area contributed by atoms with Crippen LogP contribution in [0.2, 0.25) is 0 Å². The van der Waals surface area contributed by atoms with Crippen LogP contribution in [0.15, 0.2) is 18.2 Å². The molecule has 1 aliphatic heterocycles. The van der Waals surface area contributed by atoms with Crippen LogP contribution < -0.4 is 10.6 Å². The first-order chi connectivity index (χ1) is 8.59. The summed E-state index contributed by atoms with van der Waals surface area (Å²) < 4.78 is 0. The molecule has 1 heterocycles. The lowest BCUT2D eigenvalue weighted by molar-refractivity contribution is 0.616. The molecule has 98 valence electrons. The van der Waals surface area contributed by atoms with Crippen LogP contribution in [0.1, 0.15) is 43.7 Å². The summed E-state index contributed by atoms with van der Waals surface area (Å²) >= 11 is 5.20. The van der Waals surface area contributed by atoms with Crippen LogP contribution in [-0.2, 0) is 0 Å². The molecule has 1 aliphatic rings. The van der Waals surface area contributed by atoms with Crippen LogP contribution in [0, 0.1) is 6.92 Å². The molecule has 1 fully saturated rings. The third-order valence-electron chi connectivity index (χ3n) is 3.78. The van der Waals surface area contributed by atoms with Crippen LogP contribution in [0.4, 0.5) is 5.69 Å². The number of nitrogens with zero attached hydrogens (tertiary/aromatic N) is 1. The molecule has 18 heavy (non-hydrogen) atoms. The summed E-state index contributed by atoms with van der Waals surface area (Å²) in [7, 11) is 0. The Balaban J connectivity index is 2.39. The molecule has 2 rings (SSSR count). The zero-order valence-corrected chi connectivity index (χ0v) is 12.1. The van der Waals surface area contributed by atoms with Crippen molar-refractivity contribution in [2.24, 2.45) is 5.73 Å². The second-order valence-electron chi connectivity index (χ2n) is 5.28. The van der Waals surface area contributed by atoms with Gasteiger partial charge in [-0.15, -0.1) is 0 Å². The van der Waals surface area contributed by atoms with Crippen LogP contribution in [-0.4, -0.2) is 17.6 Å². The molecular weight excluding hydrogens is 240 g/mol. The molecule has 0 aliphatic carbocycles. The lowest BCUT2D eigenvalue weighted by Gasteiger charge is -2.31. The highest BCUT2D eigenvalue weighted by Crippen LogP contribution is 2.28. The number of nitrogens with two attached hydrogens (primary N) is 1. The molecule has 2 N–H and O–H groups in total. The zero-order valence-electron chi connectivity index (χ0n) is 11.3. The van der Waals surface area contributed by atoms with Gasteiger partial charge in [-0.05, 0) is 38.8 Å². The van der Waals surface area contributed by atoms with E-state index < -0.39 is 0 Å². The second kappa shape index (κ2) is 5.70. The molecule has 0 spiro atoms. The predicted molar refractivity (Wildman–Crippen MR) is 82.3 cm³/mol. The van der Waals surface area contributed by atoms with E-state index in [1.807, 2.05) is 0 Å². The van der Waals surface area contributed by atoms with Gasteiger partial charge >= 0.3 is 0 Å². The van der Waals surface area contributed by atoms with E-state index in [9.17, 15) is 0 Å². The molecule has 0 amide bonds. The van der Waals surface area contributed by atoms with E-state index in [0.29, 0.717) is 11.0 Å². The Morgan fingerprint density at radius 3 is 2.83 bits per heavy atom. The molecule has 1 unspecified atom stereocenters. The first kappa shape index (κ1) is 13.3. The van der Waals surface area contributed by atoms with Gasteiger partial charge in [0.05, 0.1) is 0 Å². The van der Waals surface area contributed by atoms with Crippen LogP contribution in [0.25, 0.3) is 0 Å². The molecule has 0 bridgehead atoms. The summed E-state index contributed by atoms with van der Waals surface area (Å²) in [5.41, 5.74) is 9.33. The zero-order chi connectivity index (χ0) is 13.1. The fourth-order valence-electron chi connectivity index (χ4n) is 2.73. The Labute approximate surface area is 115 Å². The summed E-state index contributed by atoms with van der Waals surface area (Å²) in [5, 5.41) is 0. The molecule has 3 heteroatoms. The largest absolute Gasteiger partial charge is 0.389 e. The molecule has 0 aromatic heterocycles. The van der Waals surface area contributed by atoms with Gasteiger partial charge in [0.1, 0.15) is 4.99 Å². The lowest BCUT2D eigenvalue weighted by atomic mass is 10.1. The summed E-state index contributed by atoms with van der Waals surface area (Å²) in [4.78, 5) is 2.98. The number of rotatable bonds is 2. The third kappa shape index (κ3) is 2.83. The van der Waals surface area contributed by atoms with E-state index >= 15 is 0 Å². The maximum Gasteiger partial charge on any atom is 0.106 e. The van der Waals surface area contributed by atoms with Crippen LogP contribution in [0.3, 0.4) is 0 Å². The summed E-state index contributed by atoms with van der Waals surface area (Å²) in [6.45, 7) is 5.49. The van der Waals surface area contributed by atoms with Gasteiger partial charge in [0.2, 0.25) is 0 Å². The third-order valence-corrected chi connectivity index (χ3v) is 4.00. The Bertz CT molecular complexity index is 442. The number of thiocarbonyl (C=S) groups is 1. The van der Waals surface area contributed by atoms with E-state index in [1.54, 1.807) is 0 Å². The fourth-order valence-corrected chi connectivity index (χ4v) is 2.89. The molecule has 1 aromatic carbocycles. The second-order valence-corrected chi connectivity index (χ2v) is 5.72. The molecular formula is C15H22N2S. The quantitative estimate of drug-likeness (QED) is 0.828. The smallest absolute Gasteiger partial charge is 0.106 e. The molecule has 2 nitrogen and oxygen atoms in total. The van der Waals surface area contributed by atoms with Gasteiger partial charge in [-0.25, -0.2) is 0 Å². The molecule has 1 atom stereocenters. The van der Waals surface area contributed by atoms with Crippen molar-refractivity contribution in [1.29, 1.82) is 0 Å². The van der Waals surface area contributed by atoms with Crippen molar-refractivity contribution in [3.63, 3.8) is 0 Å². The highest BCUT2D eigenvalue weighted by atomic mass is 32.1. The van der Waals surface area contributed by atoms with Crippen molar-refractivity contribution in [2.45, 2.75) is 45.6 Å². The standard InChI is InChI=1S/C15H22N2S/c1-11-7-8-14(13(10-11)15(16)18)17-9-5-3-4-6-12(17)2/h7-8,10,12H,3-6,9H2,1-2H3,(H2,16,18). The summed E-state index contributed by atoms with van der Waals surface area (Å²) in [5.74, 6) is 0. The van der Waals surface area contributed by atoms with E-state index in [2.05, 4.69) is 36.9 Å². The number of anilines is 1. The maximum absolute atomic E-state index is 5.88. The predicted octanol–water partition coefficient (Wildman–Crippen LogP) is 3.40. The lowest BCUT2D eigenvalue weighted by Crippen LogP contribution is -2.34. The minimum atomic E-state index is 0.505. The van der Waals surface area contributed by atoms with E-state index in [1.165, 1.54) is 36.9 Å². The van der Waals surface area contributed by atoms with Gasteiger partial charge in [0.25, 0.3) is 0 Å². The Morgan fingerprint density at radius 2 is 2.11 bits per heavy atom. The minimum Gasteiger partial charge on any atom is -0.389 e. The minimum absolute atomic E-state index is 0.505. The van der Waals surface area contributed by atoms with Gasteiger partial charge in [-0.1, -0.05) is 36.7 Å². The molecule has 0 radical (unpaired) electrons. The number of benzene rings is 1. The SMILES string of the molecule is Cc1ccc(N2CCCCCC2C)c(C(N)=S)c1. The van der Waals surface area contributed by atoms with Gasteiger partial charge < -0.3 is 10.6 Å². The Morgan fingerprint density at radius 1 is 1.33 bits per heavy atom. The maximum atomic E-state index is 5.88. The van der Waals surface area contributed by atoms with Crippen LogP contribution in [0.5, 0.6) is 0 Å². The average Bonchev–Trinajstić information content (AvgIpc) is 2.54. The van der Waals surface area contributed by atoms with E-state index in [-0.39, 0.29) is 0 Å². The molecule has 0 saturated carbocycles. The average molecular weight is 262 g/mol. The van der Waals surface area contributed by atoms with Gasteiger partial charge in [0.15, 0.2) is 0 Å². The van der Waals surface area contributed by atoms with E-state index in [0.717, 1.165) is 12.1 Å². The van der Waals surface area contributed by atoms with Crippen molar-refractivity contribution in [3.05, 3.63) is 29.3 Å². The molecule has 1 aromatic rings. The number of hydrogen-bond acceptors (Lipinski definition) is 2. The van der Waals surface area contributed by atoms with Crippen LogP contribution >= 0.6 is 12.2 Å². The monoisotopic (exact) mass is 262 g/mol. The summed E-state index contributed by atoms with van der Waals surface area (Å²) in [6, 6.07) is 7.00. The Kier molecular flexibility index (Phi) is 4.23. The van der Waals surface area contributed by atoms with Crippen molar-refractivity contribution < 1.29 is 0 Å². The number of aryl methyl sites for hydroxylation is 1. The normalized spacial score (nSPS) is 20.6. The van der Waals surface area contributed by atoms with Gasteiger partial charge in [-0.3, -0.25) is 0 Å². The van der Waals surface area contributed by atoms with Gasteiger partial charge in [-0.2, -0.15) is 0 Å². The van der Waals surface area contributed by atoms with E-state index in [4.69, 9.17) is 18.0 Å².